The predicted molar refractivity (Wildman–Crippen MR) is 142 cm³/mol. The van der Waals surface area contributed by atoms with Crippen molar-refractivity contribution in [1.82, 2.24) is 4.90 Å². The molecule has 0 spiro atoms. The quantitative estimate of drug-likeness (QED) is 0.278. The van der Waals surface area contributed by atoms with E-state index in [0.717, 1.165) is 41.1 Å². The number of aromatic hydroxyl groups is 1. The molecule has 0 saturated carbocycles. The van der Waals surface area contributed by atoms with Crippen molar-refractivity contribution >= 4 is 33.9 Å². The third kappa shape index (κ3) is 5.45. The molecular weight excluding hydrogens is 464 g/mol. The number of fused-ring (bicyclic) bond motifs is 1. The molecule has 0 aliphatic heterocycles. The Labute approximate surface area is 209 Å². The Morgan fingerprint density at radius 2 is 1.83 bits per heavy atom. The number of rotatable bonds is 8. The molecule has 0 radical (unpaired) electrons. The van der Waals surface area contributed by atoms with Gasteiger partial charge in [0.15, 0.2) is 0 Å². The minimum Gasteiger partial charge on any atom is -0.508 e. The molecule has 1 heterocycles. The van der Waals surface area contributed by atoms with Crippen molar-refractivity contribution in [3.63, 3.8) is 0 Å². The number of anilines is 2. The highest BCUT2D eigenvalue weighted by Gasteiger charge is 2.19. The number of likely N-dealkylation sites (N-methyl/N-ethyl adjacent to an activating group) is 1. The van der Waals surface area contributed by atoms with Gasteiger partial charge in [-0.15, -0.1) is 0 Å². The monoisotopic (exact) mass is 492 g/mol. The van der Waals surface area contributed by atoms with E-state index in [1.54, 1.807) is 12.1 Å². The van der Waals surface area contributed by atoms with Gasteiger partial charge in [-0.2, -0.15) is 0 Å². The van der Waals surface area contributed by atoms with E-state index >= 15 is 0 Å². The van der Waals surface area contributed by atoms with Gasteiger partial charge in [-0.1, -0.05) is 36.7 Å². The Morgan fingerprint density at radius 1 is 1.09 bits per heavy atom. The van der Waals surface area contributed by atoms with E-state index in [0.29, 0.717) is 33.8 Å². The first-order valence-corrected chi connectivity index (χ1v) is 11.9. The summed E-state index contributed by atoms with van der Waals surface area (Å²) >= 11 is 6.41. The van der Waals surface area contributed by atoms with E-state index in [9.17, 15) is 9.90 Å². The Balaban J connectivity index is 1.84. The standard InChI is InChI=1S/C28H29ClN2O4/c1-5-18-14-17(2)23(29)16-24(18)30-27-26(22-11-8-20(32)15-25(22)35-28(27)33)19-6-9-21(10-7-19)34-13-12-31(3)4/h6-11,14-16,30,32H,5,12-13H2,1-4H3. The second-order valence-corrected chi connectivity index (χ2v) is 9.14. The second-order valence-electron chi connectivity index (χ2n) is 8.73. The summed E-state index contributed by atoms with van der Waals surface area (Å²) in [5.74, 6) is 0.768. The first-order valence-electron chi connectivity index (χ1n) is 11.5. The SMILES string of the molecule is CCc1cc(C)c(Cl)cc1Nc1c(-c2ccc(OCCN(C)C)cc2)c2ccc(O)cc2oc1=O. The fraction of sp³-hybridized carbons (Fsp3) is 0.250. The first kappa shape index (κ1) is 24.6. The van der Waals surface area contributed by atoms with Crippen LogP contribution in [-0.4, -0.2) is 37.3 Å². The summed E-state index contributed by atoms with van der Waals surface area (Å²) in [6.07, 6.45) is 0.765. The molecule has 182 valence electrons. The van der Waals surface area contributed by atoms with Crippen LogP contribution in [0.5, 0.6) is 11.5 Å². The fourth-order valence-electron chi connectivity index (χ4n) is 3.95. The predicted octanol–water partition coefficient (Wildman–Crippen LogP) is 6.37. The van der Waals surface area contributed by atoms with E-state index in [1.807, 2.05) is 57.4 Å². The van der Waals surface area contributed by atoms with Crippen LogP contribution in [0.3, 0.4) is 0 Å². The number of benzene rings is 3. The summed E-state index contributed by atoms with van der Waals surface area (Å²) in [7, 11) is 3.99. The molecule has 6 nitrogen and oxygen atoms in total. The van der Waals surface area contributed by atoms with Gasteiger partial charge in [-0.3, -0.25) is 0 Å². The van der Waals surface area contributed by atoms with E-state index < -0.39 is 5.63 Å². The summed E-state index contributed by atoms with van der Waals surface area (Å²) in [6.45, 7) is 5.39. The number of phenols is 1. The molecule has 0 amide bonds. The highest BCUT2D eigenvalue weighted by Crippen LogP contribution is 2.38. The summed E-state index contributed by atoms with van der Waals surface area (Å²) in [5, 5.41) is 14.6. The fourth-order valence-corrected chi connectivity index (χ4v) is 4.12. The van der Waals surface area contributed by atoms with Gasteiger partial charge in [-0.25, -0.2) is 4.79 Å². The molecule has 4 rings (SSSR count). The number of aryl methyl sites for hydroxylation is 2. The molecule has 35 heavy (non-hydrogen) atoms. The normalized spacial score (nSPS) is 11.3. The number of phenolic OH excluding ortho intramolecular Hbond substituents is 1. The Kier molecular flexibility index (Phi) is 7.34. The van der Waals surface area contributed by atoms with E-state index in [4.69, 9.17) is 20.8 Å². The van der Waals surface area contributed by atoms with Crippen LogP contribution in [0.1, 0.15) is 18.1 Å². The summed E-state index contributed by atoms with van der Waals surface area (Å²) in [6, 6.07) is 16.2. The average Bonchev–Trinajstić information content (AvgIpc) is 2.82. The molecule has 0 unspecified atom stereocenters. The highest BCUT2D eigenvalue weighted by atomic mass is 35.5. The highest BCUT2D eigenvalue weighted by molar-refractivity contribution is 6.31. The zero-order chi connectivity index (χ0) is 25.1. The van der Waals surface area contributed by atoms with Crippen molar-refractivity contribution in [2.24, 2.45) is 0 Å². The molecule has 0 aliphatic rings. The average molecular weight is 493 g/mol. The maximum atomic E-state index is 13.2. The number of hydrogen-bond donors (Lipinski definition) is 2. The summed E-state index contributed by atoms with van der Waals surface area (Å²) in [4.78, 5) is 15.2. The maximum Gasteiger partial charge on any atom is 0.360 e. The van der Waals surface area contributed by atoms with Crippen molar-refractivity contribution in [1.29, 1.82) is 0 Å². The molecule has 0 aliphatic carbocycles. The van der Waals surface area contributed by atoms with Crippen LogP contribution in [0.2, 0.25) is 5.02 Å². The van der Waals surface area contributed by atoms with Gasteiger partial charge in [0.2, 0.25) is 0 Å². The zero-order valence-electron chi connectivity index (χ0n) is 20.3. The number of halogens is 1. The molecule has 0 fully saturated rings. The van der Waals surface area contributed by atoms with Crippen LogP contribution in [0.25, 0.3) is 22.1 Å². The lowest BCUT2D eigenvalue weighted by Crippen LogP contribution is -2.19. The van der Waals surface area contributed by atoms with Crippen molar-refractivity contribution in [2.45, 2.75) is 20.3 Å². The van der Waals surface area contributed by atoms with Gasteiger partial charge in [0.1, 0.15) is 29.4 Å². The van der Waals surface area contributed by atoms with Crippen LogP contribution in [0.4, 0.5) is 11.4 Å². The van der Waals surface area contributed by atoms with E-state index in [1.165, 1.54) is 6.07 Å². The number of nitrogens with one attached hydrogen (secondary N) is 1. The molecule has 2 N–H and O–H groups in total. The van der Waals surface area contributed by atoms with Gasteiger partial charge in [0, 0.05) is 34.3 Å². The zero-order valence-corrected chi connectivity index (χ0v) is 21.1. The molecule has 4 aromatic rings. The Morgan fingerprint density at radius 3 is 2.51 bits per heavy atom. The van der Waals surface area contributed by atoms with Gasteiger partial charge in [-0.05, 0) is 74.5 Å². The van der Waals surface area contributed by atoms with Crippen molar-refractivity contribution < 1.29 is 14.3 Å². The first-order chi connectivity index (χ1) is 16.8. The number of nitrogens with zero attached hydrogens (tertiary/aromatic N) is 1. The minimum absolute atomic E-state index is 0.0236. The van der Waals surface area contributed by atoms with Gasteiger partial charge in [0.05, 0.1) is 0 Å². The lowest BCUT2D eigenvalue weighted by Gasteiger charge is -2.17. The molecule has 0 saturated heterocycles. The Bertz CT molecular complexity index is 1410. The van der Waals surface area contributed by atoms with Crippen molar-refractivity contribution in [3.05, 3.63) is 81.2 Å². The topological polar surface area (TPSA) is 74.9 Å². The van der Waals surface area contributed by atoms with E-state index in [-0.39, 0.29) is 5.75 Å². The van der Waals surface area contributed by atoms with E-state index in [2.05, 4.69) is 17.1 Å². The van der Waals surface area contributed by atoms with Gasteiger partial charge in [0.25, 0.3) is 0 Å². The van der Waals surface area contributed by atoms with Crippen LogP contribution in [0.15, 0.2) is 63.8 Å². The molecule has 7 heteroatoms. The summed E-state index contributed by atoms with van der Waals surface area (Å²) < 4.78 is 11.4. The number of ether oxygens (including phenoxy) is 1. The van der Waals surface area contributed by atoms with Crippen LogP contribution < -0.4 is 15.7 Å². The van der Waals surface area contributed by atoms with Gasteiger partial charge >= 0.3 is 5.63 Å². The maximum absolute atomic E-state index is 13.2. The minimum atomic E-state index is -0.539. The third-order valence-corrected chi connectivity index (χ3v) is 6.27. The number of hydrogen-bond acceptors (Lipinski definition) is 6. The largest absolute Gasteiger partial charge is 0.508 e. The Hall–Kier alpha value is -3.48. The van der Waals surface area contributed by atoms with Gasteiger partial charge < -0.3 is 24.5 Å². The molecule has 1 aromatic heterocycles. The molecular formula is C28H29ClN2O4. The summed E-state index contributed by atoms with van der Waals surface area (Å²) in [5.41, 5.74) is 4.31. The smallest absolute Gasteiger partial charge is 0.360 e. The lowest BCUT2D eigenvalue weighted by molar-refractivity contribution is 0.261. The van der Waals surface area contributed by atoms with Crippen LogP contribution in [-0.2, 0) is 6.42 Å². The second kappa shape index (κ2) is 10.4. The molecule has 0 atom stereocenters. The van der Waals surface area contributed by atoms with Crippen LogP contribution in [0, 0.1) is 6.92 Å². The van der Waals surface area contributed by atoms with Crippen LogP contribution >= 0.6 is 11.6 Å². The molecule has 3 aromatic carbocycles. The third-order valence-electron chi connectivity index (χ3n) is 5.87. The molecule has 0 bridgehead atoms. The lowest BCUT2D eigenvalue weighted by atomic mass is 9.99. The van der Waals surface area contributed by atoms with Crippen molar-refractivity contribution in [3.8, 4) is 22.6 Å². The van der Waals surface area contributed by atoms with Crippen molar-refractivity contribution in [2.75, 3.05) is 32.6 Å².